The lowest BCUT2D eigenvalue weighted by molar-refractivity contribution is -0.124. The van der Waals surface area contributed by atoms with Gasteiger partial charge in [0, 0.05) is 12.1 Å². The van der Waals surface area contributed by atoms with E-state index in [1.54, 1.807) is 12.1 Å². The molecule has 0 heterocycles. The standard InChI is InChI=1S/C18H21Cl2NO/c19-15-2-1-14(6-16(15)20)21-17(22)10-18-7-11-3-12(8-18)5-13(4-11)9-18/h1-2,6,11-13H,3-5,7-10H2,(H,21,22). The average molecular weight is 338 g/mol. The Labute approximate surface area is 141 Å². The Morgan fingerprint density at radius 1 is 1.05 bits per heavy atom. The van der Waals surface area contributed by atoms with Crippen molar-refractivity contribution in [3.8, 4) is 0 Å². The Kier molecular flexibility index (Phi) is 3.65. The second-order valence-corrected chi connectivity index (χ2v) is 8.59. The van der Waals surface area contributed by atoms with E-state index < -0.39 is 0 Å². The summed E-state index contributed by atoms with van der Waals surface area (Å²) >= 11 is 11.9. The van der Waals surface area contributed by atoms with Gasteiger partial charge in [-0.3, -0.25) is 4.79 Å². The van der Waals surface area contributed by atoms with Crippen LogP contribution in [-0.4, -0.2) is 5.91 Å². The normalized spacial score (nSPS) is 35.6. The van der Waals surface area contributed by atoms with Crippen molar-refractivity contribution in [1.82, 2.24) is 0 Å². The zero-order valence-electron chi connectivity index (χ0n) is 12.6. The number of carbonyl (C=O) groups is 1. The van der Waals surface area contributed by atoms with E-state index in [-0.39, 0.29) is 11.3 Å². The van der Waals surface area contributed by atoms with Crippen LogP contribution in [0.2, 0.25) is 10.0 Å². The van der Waals surface area contributed by atoms with Crippen LogP contribution >= 0.6 is 23.2 Å². The monoisotopic (exact) mass is 337 g/mol. The highest BCUT2D eigenvalue weighted by Crippen LogP contribution is 2.61. The Balaban J connectivity index is 1.44. The van der Waals surface area contributed by atoms with Gasteiger partial charge in [-0.2, -0.15) is 0 Å². The lowest BCUT2D eigenvalue weighted by Crippen LogP contribution is -2.47. The molecule has 4 saturated carbocycles. The third kappa shape index (κ3) is 2.76. The quantitative estimate of drug-likeness (QED) is 0.770. The smallest absolute Gasteiger partial charge is 0.224 e. The van der Waals surface area contributed by atoms with Crippen molar-refractivity contribution in [3.63, 3.8) is 0 Å². The summed E-state index contributed by atoms with van der Waals surface area (Å²) in [6.45, 7) is 0. The number of nitrogens with one attached hydrogen (secondary N) is 1. The summed E-state index contributed by atoms with van der Waals surface area (Å²) in [7, 11) is 0. The Morgan fingerprint density at radius 2 is 1.64 bits per heavy atom. The molecule has 118 valence electrons. The lowest BCUT2D eigenvalue weighted by Gasteiger charge is -2.56. The summed E-state index contributed by atoms with van der Waals surface area (Å²) in [6, 6.07) is 5.26. The van der Waals surface area contributed by atoms with Gasteiger partial charge in [-0.25, -0.2) is 0 Å². The number of amides is 1. The van der Waals surface area contributed by atoms with Gasteiger partial charge in [-0.05, 0) is 79.9 Å². The fraction of sp³-hybridized carbons (Fsp3) is 0.611. The minimum Gasteiger partial charge on any atom is -0.326 e. The molecule has 4 aliphatic carbocycles. The van der Waals surface area contributed by atoms with E-state index in [1.165, 1.54) is 38.5 Å². The SMILES string of the molecule is O=C(CC12CC3CC(CC(C3)C1)C2)Nc1ccc(Cl)c(Cl)c1. The minimum atomic E-state index is 0.125. The predicted molar refractivity (Wildman–Crippen MR) is 90.3 cm³/mol. The molecular formula is C18H21Cl2NO. The topological polar surface area (TPSA) is 29.1 Å². The zero-order valence-corrected chi connectivity index (χ0v) is 14.1. The van der Waals surface area contributed by atoms with Crippen LogP contribution in [0.15, 0.2) is 18.2 Å². The molecule has 4 fully saturated rings. The van der Waals surface area contributed by atoms with Crippen molar-refractivity contribution < 1.29 is 4.79 Å². The van der Waals surface area contributed by atoms with Crippen molar-refractivity contribution in [1.29, 1.82) is 0 Å². The highest BCUT2D eigenvalue weighted by Gasteiger charge is 2.51. The van der Waals surface area contributed by atoms with E-state index >= 15 is 0 Å². The fourth-order valence-corrected chi connectivity index (χ4v) is 5.92. The highest BCUT2D eigenvalue weighted by molar-refractivity contribution is 6.42. The number of hydrogen-bond donors (Lipinski definition) is 1. The summed E-state index contributed by atoms with van der Waals surface area (Å²) in [5.41, 5.74) is 1.01. The summed E-state index contributed by atoms with van der Waals surface area (Å²) in [6.07, 6.45) is 8.67. The van der Waals surface area contributed by atoms with Crippen LogP contribution in [0.1, 0.15) is 44.9 Å². The van der Waals surface area contributed by atoms with Crippen LogP contribution < -0.4 is 5.32 Å². The van der Waals surface area contributed by atoms with E-state index in [0.717, 1.165) is 23.4 Å². The fourth-order valence-electron chi connectivity index (χ4n) is 5.63. The second kappa shape index (κ2) is 5.42. The van der Waals surface area contributed by atoms with Gasteiger partial charge < -0.3 is 5.32 Å². The van der Waals surface area contributed by atoms with Crippen molar-refractivity contribution in [2.75, 3.05) is 5.32 Å². The van der Waals surface area contributed by atoms with Gasteiger partial charge in [0.05, 0.1) is 10.0 Å². The number of carbonyl (C=O) groups excluding carboxylic acids is 1. The van der Waals surface area contributed by atoms with Crippen LogP contribution in [-0.2, 0) is 4.79 Å². The minimum absolute atomic E-state index is 0.125. The number of halogens is 2. The summed E-state index contributed by atoms with van der Waals surface area (Å²) < 4.78 is 0. The van der Waals surface area contributed by atoms with Gasteiger partial charge in [-0.15, -0.1) is 0 Å². The van der Waals surface area contributed by atoms with Crippen LogP contribution in [0.4, 0.5) is 5.69 Å². The molecule has 4 bridgehead atoms. The first-order valence-electron chi connectivity index (χ1n) is 8.26. The van der Waals surface area contributed by atoms with Gasteiger partial charge in [0.15, 0.2) is 0 Å². The molecule has 0 spiro atoms. The molecular weight excluding hydrogens is 317 g/mol. The molecule has 0 aliphatic heterocycles. The predicted octanol–water partition coefficient (Wildman–Crippen LogP) is 5.54. The number of rotatable bonds is 3. The van der Waals surface area contributed by atoms with Crippen molar-refractivity contribution >= 4 is 34.8 Å². The van der Waals surface area contributed by atoms with Gasteiger partial charge >= 0.3 is 0 Å². The molecule has 4 aliphatic rings. The maximum Gasteiger partial charge on any atom is 0.224 e. The van der Waals surface area contributed by atoms with Gasteiger partial charge in [0.2, 0.25) is 5.91 Å². The second-order valence-electron chi connectivity index (χ2n) is 7.77. The molecule has 0 aromatic heterocycles. The van der Waals surface area contributed by atoms with Crippen molar-refractivity contribution in [3.05, 3.63) is 28.2 Å². The molecule has 4 heteroatoms. The largest absolute Gasteiger partial charge is 0.326 e. The van der Waals surface area contributed by atoms with Crippen LogP contribution in [0.5, 0.6) is 0 Å². The van der Waals surface area contributed by atoms with Gasteiger partial charge in [-0.1, -0.05) is 23.2 Å². The molecule has 0 unspecified atom stereocenters. The molecule has 0 radical (unpaired) electrons. The van der Waals surface area contributed by atoms with Crippen LogP contribution in [0.3, 0.4) is 0 Å². The molecule has 1 aromatic rings. The summed E-state index contributed by atoms with van der Waals surface area (Å²) in [5, 5.41) is 4.00. The third-order valence-electron chi connectivity index (χ3n) is 5.90. The van der Waals surface area contributed by atoms with E-state index in [4.69, 9.17) is 23.2 Å². The molecule has 1 aromatic carbocycles. The summed E-state index contributed by atoms with van der Waals surface area (Å²) in [4.78, 5) is 12.5. The third-order valence-corrected chi connectivity index (χ3v) is 6.64. The van der Waals surface area contributed by atoms with Crippen molar-refractivity contribution in [2.24, 2.45) is 23.2 Å². The first kappa shape index (κ1) is 14.8. The van der Waals surface area contributed by atoms with Crippen LogP contribution in [0, 0.1) is 23.2 Å². The highest BCUT2D eigenvalue weighted by atomic mass is 35.5. The molecule has 0 atom stereocenters. The maximum absolute atomic E-state index is 12.5. The molecule has 2 nitrogen and oxygen atoms in total. The van der Waals surface area contributed by atoms with E-state index in [1.807, 2.05) is 6.07 Å². The summed E-state index contributed by atoms with van der Waals surface area (Å²) in [5.74, 6) is 2.76. The Hall–Kier alpha value is -0.730. The molecule has 5 rings (SSSR count). The first-order valence-corrected chi connectivity index (χ1v) is 9.02. The molecule has 1 amide bonds. The number of hydrogen-bond acceptors (Lipinski definition) is 1. The number of anilines is 1. The van der Waals surface area contributed by atoms with Gasteiger partial charge in [0.1, 0.15) is 0 Å². The molecule has 1 N–H and O–H groups in total. The molecule has 22 heavy (non-hydrogen) atoms. The van der Waals surface area contributed by atoms with Crippen LogP contribution in [0.25, 0.3) is 0 Å². The Morgan fingerprint density at radius 3 is 2.18 bits per heavy atom. The number of benzene rings is 1. The average Bonchev–Trinajstić information content (AvgIpc) is 2.40. The van der Waals surface area contributed by atoms with E-state index in [9.17, 15) is 4.79 Å². The lowest BCUT2D eigenvalue weighted by atomic mass is 9.49. The van der Waals surface area contributed by atoms with Crippen molar-refractivity contribution in [2.45, 2.75) is 44.9 Å². The Bertz CT molecular complexity index is 578. The van der Waals surface area contributed by atoms with E-state index in [0.29, 0.717) is 16.5 Å². The maximum atomic E-state index is 12.5. The van der Waals surface area contributed by atoms with E-state index in [2.05, 4.69) is 5.32 Å². The first-order chi connectivity index (χ1) is 10.5. The van der Waals surface area contributed by atoms with Gasteiger partial charge in [0.25, 0.3) is 0 Å². The zero-order chi connectivity index (χ0) is 15.3. The molecule has 0 saturated heterocycles.